The molecule has 0 atom stereocenters. The van der Waals surface area contributed by atoms with E-state index in [1.165, 1.54) is 4.70 Å². The normalized spacial score (nSPS) is 16.0. The molecule has 1 aromatic carbocycles. The fourth-order valence-electron chi connectivity index (χ4n) is 2.98. The Hall–Kier alpha value is -2.10. The van der Waals surface area contributed by atoms with Gasteiger partial charge in [0.15, 0.2) is 11.0 Å². The number of hydrogen-bond donors (Lipinski definition) is 0. The summed E-state index contributed by atoms with van der Waals surface area (Å²) < 4.78 is 8.18. The first kappa shape index (κ1) is 16.4. The first-order valence-corrected chi connectivity index (χ1v) is 9.22. The zero-order valence-electron chi connectivity index (χ0n) is 14.2. The average molecular weight is 359 g/mol. The zero-order chi connectivity index (χ0) is 17.1. The van der Waals surface area contributed by atoms with Crippen molar-refractivity contribution >= 4 is 26.7 Å². The second-order valence-corrected chi connectivity index (χ2v) is 7.05. The molecular formula is C16H21N7OS. The Bertz CT molecular complexity index is 792. The largest absolute Gasteiger partial charge is 0.383 e. The summed E-state index contributed by atoms with van der Waals surface area (Å²) >= 11 is 1.77. The second kappa shape index (κ2) is 7.42. The van der Waals surface area contributed by atoms with E-state index in [-0.39, 0.29) is 0 Å². The van der Waals surface area contributed by atoms with Crippen molar-refractivity contribution in [2.24, 2.45) is 0 Å². The van der Waals surface area contributed by atoms with Crippen LogP contribution in [0.5, 0.6) is 0 Å². The summed E-state index contributed by atoms with van der Waals surface area (Å²) in [7, 11) is 1.69. The number of piperazine rings is 1. The average Bonchev–Trinajstić information content (AvgIpc) is 3.27. The number of anilines is 1. The van der Waals surface area contributed by atoms with Gasteiger partial charge >= 0.3 is 0 Å². The Morgan fingerprint density at radius 2 is 2.00 bits per heavy atom. The van der Waals surface area contributed by atoms with Crippen LogP contribution in [0, 0.1) is 0 Å². The number of thiazole rings is 1. The van der Waals surface area contributed by atoms with Gasteiger partial charge in [0.05, 0.1) is 29.9 Å². The molecule has 3 heterocycles. The van der Waals surface area contributed by atoms with Crippen molar-refractivity contribution in [1.29, 1.82) is 0 Å². The predicted octanol–water partition coefficient (Wildman–Crippen LogP) is 1.25. The third-order valence-corrected chi connectivity index (χ3v) is 5.50. The minimum atomic E-state index is 0.615. The van der Waals surface area contributed by atoms with Crippen molar-refractivity contribution in [2.75, 3.05) is 44.8 Å². The molecule has 0 saturated carbocycles. The van der Waals surface area contributed by atoms with E-state index in [1.807, 2.05) is 10.7 Å². The molecule has 4 rings (SSSR count). The van der Waals surface area contributed by atoms with Crippen molar-refractivity contribution in [2.45, 2.75) is 13.1 Å². The lowest BCUT2D eigenvalue weighted by molar-refractivity contribution is 0.178. The van der Waals surface area contributed by atoms with Crippen LogP contribution >= 0.6 is 11.3 Å². The summed E-state index contributed by atoms with van der Waals surface area (Å²) in [6.45, 7) is 5.97. The number of hydrogen-bond acceptors (Lipinski definition) is 8. The third kappa shape index (κ3) is 3.63. The van der Waals surface area contributed by atoms with Gasteiger partial charge in [-0.2, -0.15) is 0 Å². The van der Waals surface area contributed by atoms with E-state index in [0.29, 0.717) is 13.2 Å². The minimum absolute atomic E-state index is 0.615. The number of benzene rings is 1. The van der Waals surface area contributed by atoms with E-state index >= 15 is 0 Å². The summed E-state index contributed by atoms with van der Waals surface area (Å²) in [5.74, 6) is 0.894. The first-order valence-electron chi connectivity index (χ1n) is 8.40. The van der Waals surface area contributed by atoms with Gasteiger partial charge in [0.25, 0.3) is 0 Å². The molecule has 1 fully saturated rings. The molecule has 0 unspecified atom stereocenters. The molecule has 0 amide bonds. The fourth-order valence-corrected chi connectivity index (χ4v) is 4.00. The van der Waals surface area contributed by atoms with Gasteiger partial charge in [-0.05, 0) is 22.6 Å². The molecule has 0 bridgehead atoms. The van der Waals surface area contributed by atoms with E-state index in [9.17, 15) is 0 Å². The summed E-state index contributed by atoms with van der Waals surface area (Å²) in [6, 6.07) is 8.31. The quantitative estimate of drug-likeness (QED) is 0.656. The van der Waals surface area contributed by atoms with Crippen LogP contribution in [0.3, 0.4) is 0 Å². The fraction of sp³-hybridized carbons (Fsp3) is 0.500. The third-order valence-electron chi connectivity index (χ3n) is 4.40. The molecule has 0 spiro atoms. The second-order valence-electron chi connectivity index (χ2n) is 6.04. The molecule has 1 saturated heterocycles. The van der Waals surface area contributed by atoms with Gasteiger partial charge in [-0.1, -0.05) is 23.5 Å². The Kier molecular flexibility index (Phi) is 4.86. The van der Waals surface area contributed by atoms with E-state index in [4.69, 9.17) is 9.72 Å². The topological polar surface area (TPSA) is 72.2 Å². The van der Waals surface area contributed by atoms with Crippen LogP contribution in [0.4, 0.5) is 5.13 Å². The van der Waals surface area contributed by atoms with E-state index in [2.05, 4.69) is 43.5 Å². The molecule has 25 heavy (non-hydrogen) atoms. The Morgan fingerprint density at radius 3 is 2.80 bits per heavy atom. The Labute approximate surface area is 150 Å². The van der Waals surface area contributed by atoms with E-state index in [0.717, 1.165) is 49.2 Å². The maximum atomic E-state index is 5.11. The lowest BCUT2D eigenvalue weighted by atomic mass is 10.3. The molecule has 8 nitrogen and oxygen atoms in total. The van der Waals surface area contributed by atoms with E-state index in [1.54, 1.807) is 18.4 Å². The van der Waals surface area contributed by atoms with Crippen LogP contribution in [0.25, 0.3) is 10.2 Å². The number of fused-ring (bicyclic) bond motifs is 1. The van der Waals surface area contributed by atoms with Crippen LogP contribution in [0.15, 0.2) is 24.3 Å². The molecule has 0 radical (unpaired) electrons. The van der Waals surface area contributed by atoms with Gasteiger partial charge in [0.2, 0.25) is 0 Å². The van der Waals surface area contributed by atoms with Crippen LogP contribution in [-0.2, 0) is 17.8 Å². The molecule has 0 aliphatic carbocycles. The maximum absolute atomic E-state index is 5.11. The molecule has 1 aliphatic rings. The highest BCUT2D eigenvalue weighted by atomic mass is 32.1. The lowest BCUT2D eigenvalue weighted by Gasteiger charge is -2.34. The number of tetrazole rings is 1. The van der Waals surface area contributed by atoms with Crippen molar-refractivity contribution in [3.8, 4) is 0 Å². The van der Waals surface area contributed by atoms with Gasteiger partial charge in [0.1, 0.15) is 0 Å². The Morgan fingerprint density at radius 1 is 1.16 bits per heavy atom. The van der Waals surface area contributed by atoms with Crippen molar-refractivity contribution in [3.63, 3.8) is 0 Å². The number of methoxy groups -OCH3 is 1. The highest BCUT2D eigenvalue weighted by Gasteiger charge is 2.21. The van der Waals surface area contributed by atoms with Gasteiger partial charge in [-0.3, -0.25) is 4.90 Å². The number of ether oxygens (including phenoxy) is 1. The van der Waals surface area contributed by atoms with Crippen LogP contribution in [0.1, 0.15) is 5.82 Å². The predicted molar refractivity (Wildman–Crippen MR) is 96.8 cm³/mol. The molecule has 132 valence electrons. The standard InChI is InChI=1S/C16H21N7OS/c1-24-11-10-23-15(18-19-20-23)12-21-6-8-22(9-7-21)16-17-13-4-2-3-5-14(13)25-16/h2-5H,6-12H2,1H3. The zero-order valence-corrected chi connectivity index (χ0v) is 15.0. The first-order chi connectivity index (χ1) is 12.3. The SMILES string of the molecule is COCCn1nnnc1CN1CCN(c2nc3ccccc3s2)CC1. The molecule has 2 aromatic heterocycles. The number of nitrogens with zero attached hydrogens (tertiary/aromatic N) is 7. The molecule has 0 N–H and O–H groups in total. The van der Waals surface area contributed by atoms with Gasteiger partial charge in [-0.25, -0.2) is 9.67 Å². The smallest absolute Gasteiger partial charge is 0.186 e. The van der Waals surface area contributed by atoms with Crippen LogP contribution in [0.2, 0.25) is 0 Å². The van der Waals surface area contributed by atoms with Crippen LogP contribution < -0.4 is 4.90 Å². The summed E-state index contributed by atoms with van der Waals surface area (Å²) in [4.78, 5) is 9.52. The lowest BCUT2D eigenvalue weighted by Crippen LogP contribution is -2.46. The molecule has 3 aromatic rings. The van der Waals surface area contributed by atoms with Gasteiger partial charge < -0.3 is 9.64 Å². The minimum Gasteiger partial charge on any atom is -0.383 e. The summed E-state index contributed by atoms with van der Waals surface area (Å²) in [5, 5.41) is 13.1. The summed E-state index contributed by atoms with van der Waals surface area (Å²) in [5.41, 5.74) is 1.09. The van der Waals surface area contributed by atoms with E-state index < -0.39 is 0 Å². The molecule has 9 heteroatoms. The Balaban J connectivity index is 1.36. The number of para-hydroxylation sites is 1. The maximum Gasteiger partial charge on any atom is 0.186 e. The van der Waals surface area contributed by atoms with Crippen LogP contribution in [-0.4, -0.2) is 70.0 Å². The van der Waals surface area contributed by atoms with Crippen molar-refractivity contribution in [3.05, 3.63) is 30.1 Å². The van der Waals surface area contributed by atoms with Crippen molar-refractivity contribution in [1.82, 2.24) is 30.1 Å². The highest BCUT2D eigenvalue weighted by Crippen LogP contribution is 2.29. The number of aromatic nitrogens is 5. The highest BCUT2D eigenvalue weighted by molar-refractivity contribution is 7.22. The number of rotatable bonds is 6. The summed E-state index contributed by atoms with van der Waals surface area (Å²) in [6.07, 6.45) is 0. The monoisotopic (exact) mass is 359 g/mol. The van der Waals surface area contributed by atoms with Crippen molar-refractivity contribution < 1.29 is 4.74 Å². The molecule has 1 aliphatic heterocycles. The van der Waals surface area contributed by atoms with Gasteiger partial charge in [0, 0.05) is 33.3 Å². The molecular weight excluding hydrogens is 338 g/mol. The van der Waals surface area contributed by atoms with Gasteiger partial charge in [-0.15, -0.1) is 5.10 Å².